The molecule has 0 radical (unpaired) electrons. The van der Waals surface area contributed by atoms with Gasteiger partial charge in [0.05, 0.1) is 31.1 Å². The summed E-state index contributed by atoms with van der Waals surface area (Å²) in [6, 6.07) is 13.4. The Bertz CT molecular complexity index is 1040. The van der Waals surface area contributed by atoms with Crippen LogP contribution in [0.15, 0.2) is 60.5 Å². The smallest absolute Gasteiger partial charge is 0.430 e. The number of aliphatic carboxylic acids is 1. The third-order valence-corrected chi connectivity index (χ3v) is 7.82. The molecule has 0 amide bonds. The number of carbonyl (C=O) groups excluding carboxylic acids is 2. The number of nitrogens with zero attached hydrogens (tertiary/aromatic N) is 1. The maximum atomic E-state index is 12.9. The summed E-state index contributed by atoms with van der Waals surface area (Å²) in [5, 5.41) is 21.5. The predicted octanol–water partition coefficient (Wildman–Crippen LogP) is 3.04. The lowest BCUT2D eigenvalue weighted by atomic mass is 9.83. The van der Waals surface area contributed by atoms with Crippen molar-refractivity contribution in [1.29, 1.82) is 0 Å². The lowest BCUT2D eigenvalue weighted by molar-refractivity contribution is -0.946. The SMILES string of the molecule is C=CC(O)(C(=O)O[C@H]1C[N+]2(CCCOc3ccccc3)CCC1CC2)c1cccs1.O=C([O-])C(F)(F)F. The molecule has 2 atom stereocenters. The van der Waals surface area contributed by atoms with E-state index < -0.39 is 23.7 Å². The van der Waals surface area contributed by atoms with Crippen LogP contribution in [0.4, 0.5) is 13.2 Å². The third kappa shape index (κ3) is 7.33. The number of benzene rings is 1. The van der Waals surface area contributed by atoms with Crippen LogP contribution in [0, 0.1) is 5.92 Å². The number of quaternary nitrogens is 1. The van der Waals surface area contributed by atoms with Crippen molar-refractivity contribution in [2.75, 3.05) is 32.8 Å². The maximum absolute atomic E-state index is 12.9. The fraction of sp³-hybridized carbons (Fsp3) is 0.462. The van der Waals surface area contributed by atoms with Crippen molar-refractivity contribution < 1.29 is 46.9 Å². The second-order valence-electron chi connectivity index (χ2n) is 9.22. The summed E-state index contributed by atoms with van der Waals surface area (Å²) in [6.45, 7) is 8.45. The van der Waals surface area contributed by atoms with Gasteiger partial charge in [-0.3, -0.25) is 0 Å². The lowest BCUT2D eigenvalue weighted by Gasteiger charge is -2.52. The van der Waals surface area contributed by atoms with E-state index in [1.807, 2.05) is 41.8 Å². The van der Waals surface area contributed by atoms with Crippen molar-refractivity contribution >= 4 is 23.3 Å². The summed E-state index contributed by atoms with van der Waals surface area (Å²) in [7, 11) is 0. The Labute approximate surface area is 217 Å². The summed E-state index contributed by atoms with van der Waals surface area (Å²) in [4.78, 5) is 22.2. The molecule has 2 aromatic rings. The van der Waals surface area contributed by atoms with E-state index in [-0.39, 0.29) is 6.10 Å². The average Bonchev–Trinajstić information content (AvgIpc) is 3.43. The normalized spacial score (nSPS) is 24.2. The van der Waals surface area contributed by atoms with Gasteiger partial charge in [0, 0.05) is 25.2 Å². The zero-order chi connectivity index (χ0) is 27.1. The number of thiophene rings is 1. The lowest BCUT2D eigenvalue weighted by Crippen LogP contribution is -2.65. The van der Waals surface area contributed by atoms with E-state index >= 15 is 0 Å². The second-order valence-corrected chi connectivity index (χ2v) is 10.2. The number of alkyl halides is 3. The Kier molecular flexibility index (Phi) is 9.38. The van der Waals surface area contributed by atoms with Crippen LogP contribution >= 0.6 is 11.3 Å². The van der Waals surface area contributed by atoms with E-state index in [4.69, 9.17) is 19.4 Å². The molecule has 1 aromatic heterocycles. The van der Waals surface area contributed by atoms with E-state index in [2.05, 4.69) is 6.58 Å². The van der Waals surface area contributed by atoms with Gasteiger partial charge >= 0.3 is 12.1 Å². The third-order valence-electron chi connectivity index (χ3n) is 6.82. The molecule has 1 aromatic carbocycles. The standard InChI is InChI=1S/C24H30NO4S.C2HF3O2/c1-2-24(27,22-10-6-17-30-22)23(26)29-21-18-25(14-11-19(21)12-15-25)13-7-16-28-20-8-4-3-5-9-20;3-2(4,5)1(6)7/h2-6,8-10,17,19,21,27H,1,7,11-16,18H2;(H,6,7)/q+1;/p-1/t19?,21-,24?,25?;/m0./s1. The van der Waals surface area contributed by atoms with E-state index in [9.17, 15) is 23.1 Å². The Hall–Kier alpha value is -2.89. The molecule has 3 fully saturated rings. The minimum absolute atomic E-state index is 0.151. The molecule has 0 saturated carbocycles. The van der Waals surface area contributed by atoms with Gasteiger partial charge in [0.2, 0.25) is 5.60 Å². The molecule has 202 valence electrons. The second kappa shape index (κ2) is 12.1. The van der Waals surface area contributed by atoms with Crippen molar-refractivity contribution in [2.45, 2.75) is 37.1 Å². The average molecular weight is 542 g/mol. The van der Waals surface area contributed by atoms with Gasteiger partial charge in [-0.15, -0.1) is 11.3 Å². The summed E-state index contributed by atoms with van der Waals surface area (Å²) >= 11 is 1.33. The van der Waals surface area contributed by atoms with E-state index in [0.717, 1.165) is 55.7 Å². The van der Waals surface area contributed by atoms with Gasteiger partial charge in [-0.1, -0.05) is 30.8 Å². The molecule has 3 aliphatic rings. The Morgan fingerprint density at radius 3 is 2.35 bits per heavy atom. The monoisotopic (exact) mass is 541 g/mol. The van der Waals surface area contributed by atoms with Gasteiger partial charge in [0.1, 0.15) is 18.3 Å². The zero-order valence-corrected chi connectivity index (χ0v) is 21.0. The molecular formula is C26H30F3NO6S. The highest BCUT2D eigenvalue weighted by atomic mass is 32.1. The van der Waals surface area contributed by atoms with Crippen molar-refractivity contribution in [2.24, 2.45) is 5.92 Å². The molecule has 5 rings (SSSR count). The number of esters is 1. The van der Waals surface area contributed by atoms with Crippen LogP contribution in [0.1, 0.15) is 24.1 Å². The molecule has 0 spiro atoms. The minimum Gasteiger partial charge on any atom is -0.542 e. The van der Waals surface area contributed by atoms with Crippen LogP contribution in [0.25, 0.3) is 0 Å². The number of aliphatic hydroxyl groups is 1. The molecule has 11 heteroatoms. The first-order chi connectivity index (χ1) is 17.5. The number of carboxylic acid groups (broad SMARTS) is 1. The highest BCUT2D eigenvalue weighted by Crippen LogP contribution is 2.37. The maximum Gasteiger partial charge on any atom is 0.430 e. The number of ether oxygens (including phenoxy) is 2. The summed E-state index contributed by atoms with van der Waals surface area (Å²) in [5.74, 6) is -2.33. The van der Waals surface area contributed by atoms with Crippen molar-refractivity contribution in [3.8, 4) is 5.75 Å². The number of halogens is 3. The van der Waals surface area contributed by atoms with Gasteiger partial charge < -0.3 is 29.0 Å². The molecule has 37 heavy (non-hydrogen) atoms. The summed E-state index contributed by atoms with van der Waals surface area (Å²) in [5.41, 5.74) is -1.77. The van der Waals surface area contributed by atoms with Crippen molar-refractivity contribution in [3.63, 3.8) is 0 Å². The van der Waals surface area contributed by atoms with E-state index in [1.54, 1.807) is 6.07 Å². The van der Waals surface area contributed by atoms with Crippen LogP contribution in [0.3, 0.4) is 0 Å². The molecule has 0 aliphatic carbocycles. The number of hydrogen-bond donors (Lipinski definition) is 1. The van der Waals surface area contributed by atoms with Crippen LogP contribution in [-0.2, 0) is 19.9 Å². The predicted molar refractivity (Wildman–Crippen MR) is 128 cm³/mol. The Morgan fingerprint density at radius 1 is 1.16 bits per heavy atom. The largest absolute Gasteiger partial charge is 0.542 e. The fourth-order valence-corrected chi connectivity index (χ4v) is 5.59. The molecule has 7 nitrogen and oxygen atoms in total. The van der Waals surface area contributed by atoms with Crippen LogP contribution in [0.5, 0.6) is 5.75 Å². The Morgan fingerprint density at radius 2 is 1.81 bits per heavy atom. The van der Waals surface area contributed by atoms with E-state index in [0.29, 0.717) is 17.4 Å². The molecule has 2 bridgehead atoms. The number of para-hydroxylation sites is 1. The number of carboxylic acids is 1. The van der Waals surface area contributed by atoms with Gasteiger partial charge in [-0.25, -0.2) is 4.79 Å². The fourth-order valence-electron chi connectivity index (χ4n) is 4.78. The van der Waals surface area contributed by atoms with Gasteiger partial charge in [-0.05, 0) is 29.7 Å². The molecule has 3 aliphatic heterocycles. The van der Waals surface area contributed by atoms with Gasteiger partial charge in [0.25, 0.3) is 0 Å². The van der Waals surface area contributed by atoms with Crippen LogP contribution in [-0.4, -0.2) is 66.6 Å². The Balaban J connectivity index is 0.000000479. The number of hydrogen-bond acceptors (Lipinski definition) is 7. The molecule has 4 heterocycles. The minimum atomic E-state index is -5.19. The van der Waals surface area contributed by atoms with Crippen molar-refractivity contribution in [1.82, 2.24) is 0 Å². The van der Waals surface area contributed by atoms with Gasteiger partial charge in [0.15, 0.2) is 6.10 Å². The number of rotatable bonds is 9. The number of fused-ring (bicyclic) bond motifs is 3. The molecule has 3 saturated heterocycles. The van der Waals surface area contributed by atoms with Crippen LogP contribution < -0.4 is 9.84 Å². The quantitative estimate of drug-likeness (QED) is 0.227. The topological polar surface area (TPSA) is 95.9 Å². The number of piperidine rings is 3. The first-order valence-electron chi connectivity index (χ1n) is 11.9. The zero-order valence-electron chi connectivity index (χ0n) is 20.2. The molecule has 1 N–H and O–H groups in total. The highest BCUT2D eigenvalue weighted by Gasteiger charge is 2.49. The number of carbonyl (C=O) groups is 2. The van der Waals surface area contributed by atoms with Crippen LogP contribution in [0.2, 0.25) is 0 Å². The molecular weight excluding hydrogens is 511 g/mol. The first-order valence-corrected chi connectivity index (χ1v) is 12.8. The first kappa shape index (κ1) is 28.7. The summed E-state index contributed by atoms with van der Waals surface area (Å²) in [6.07, 6.45) is -0.979. The van der Waals surface area contributed by atoms with E-state index in [1.165, 1.54) is 17.4 Å². The van der Waals surface area contributed by atoms with Gasteiger partial charge in [-0.2, -0.15) is 13.2 Å². The van der Waals surface area contributed by atoms with Crippen molar-refractivity contribution in [3.05, 3.63) is 65.4 Å². The molecule has 1 unspecified atom stereocenters. The summed E-state index contributed by atoms with van der Waals surface area (Å²) < 4.78 is 44.3. The highest BCUT2D eigenvalue weighted by molar-refractivity contribution is 7.10.